The van der Waals surface area contributed by atoms with E-state index in [2.05, 4.69) is 6.07 Å². The standard InChI is InChI=1S/C14H10O2.C9H6O2/c1-9(15)16-13-8-4-7-12-10-5-2-3-6-11(10)14(12)13;10-9-6-5-7-3-1-2-4-8(7)11-9/h2-8H,1H3;1-6H. The molecule has 132 valence electrons. The highest BCUT2D eigenvalue weighted by atomic mass is 16.5. The van der Waals surface area contributed by atoms with Crippen molar-refractivity contribution >= 4 is 16.9 Å². The molecule has 0 N–H and O–H groups in total. The molecule has 1 aliphatic carbocycles. The smallest absolute Gasteiger partial charge is 0.336 e. The zero-order valence-electron chi connectivity index (χ0n) is 14.6. The second-order valence-electron chi connectivity index (χ2n) is 6.11. The minimum absolute atomic E-state index is 0.280. The van der Waals surface area contributed by atoms with E-state index in [-0.39, 0.29) is 11.6 Å². The summed E-state index contributed by atoms with van der Waals surface area (Å²) in [6.07, 6.45) is 0. The molecule has 0 atom stereocenters. The fourth-order valence-corrected chi connectivity index (χ4v) is 3.16. The first kappa shape index (κ1) is 16.8. The van der Waals surface area contributed by atoms with Gasteiger partial charge < -0.3 is 9.15 Å². The molecule has 1 aliphatic rings. The Morgan fingerprint density at radius 1 is 0.778 bits per heavy atom. The van der Waals surface area contributed by atoms with Crippen LogP contribution in [0.25, 0.3) is 33.2 Å². The summed E-state index contributed by atoms with van der Waals surface area (Å²) in [5.74, 6) is 0.376. The van der Waals surface area contributed by atoms with Crippen LogP contribution in [0.4, 0.5) is 0 Å². The van der Waals surface area contributed by atoms with E-state index < -0.39 is 0 Å². The maximum absolute atomic E-state index is 11.0. The van der Waals surface area contributed by atoms with E-state index in [1.807, 2.05) is 54.6 Å². The third-order valence-electron chi connectivity index (χ3n) is 4.30. The van der Waals surface area contributed by atoms with Gasteiger partial charge in [-0.05, 0) is 34.9 Å². The van der Waals surface area contributed by atoms with Crippen LogP contribution in [0.2, 0.25) is 0 Å². The lowest BCUT2D eigenvalue weighted by Crippen LogP contribution is -2.06. The van der Waals surface area contributed by atoms with Gasteiger partial charge in [0.2, 0.25) is 0 Å². The zero-order valence-corrected chi connectivity index (χ0v) is 14.6. The predicted molar refractivity (Wildman–Crippen MR) is 105 cm³/mol. The molecule has 1 heterocycles. The highest BCUT2D eigenvalue weighted by Gasteiger charge is 2.25. The summed E-state index contributed by atoms with van der Waals surface area (Å²) in [5.41, 5.74) is 4.94. The van der Waals surface area contributed by atoms with Crippen LogP contribution in [-0.4, -0.2) is 5.97 Å². The molecule has 0 unspecified atom stereocenters. The molecule has 0 saturated carbocycles. The first-order valence-electron chi connectivity index (χ1n) is 8.53. The average molecular weight is 356 g/mol. The van der Waals surface area contributed by atoms with Crippen molar-refractivity contribution in [1.29, 1.82) is 0 Å². The number of carbonyl (C=O) groups is 1. The Morgan fingerprint density at radius 2 is 1.48 bits per heavy atom. The van der Waals surface area contributed by atoms with Crippen molar-refractivity contribution in [3.63, 3.8) is 0 Å². The highest BCUT2D eigenvalue weighted by molar-refractivity contribution is 6.05. The third-order valence-corrected chi connectivity index (χ3v) is 4.30. The van der Waals surface area contributed by atoms with Crippen molar-refractivity contribution in [3.05, 3.63) is 89.3 Å². The molecule has 4 nitrogen and oxygen atoms in total. The number of hydrogen-bond donors (Lipinski definition) is 0. The summed E-state index contributed by atoms with van der Waals surface area (Å²) in [4.78, 5) is 21.7. The lowest BCUT2D eigenvalue weighted by Gasteiger charge is -2.25. The summed E-state index contributed by atoms with van der Waals surface area (Å²) in [7, 11) is 0. The first-order chi connectivity index (χ1) is 13.1. The molecule has 0 radical (unpaired) electrons. The van der Waals surface area contributed by atoms with Gasteiger partial charge in [0.05, 0.1) is 0 Å². The van der Waals surface area contributed by atoms with Gasteiger partial charge in [0.25, 0.3) is 0 Å². The number of esters is 1. The van der Waals surface area contributed by atoms with Gasteiger partial charge in [-0.1, -0.05) is 54.6 Å². The molecule has 0 fully saturated rings. The fraction of sp³-hybridized carbons (Fsp3) is 0.0435. The SMILES string of the molecule is CC(=O)Oc1cccc2c1-c1ccccc1-2.O=c1ccc2ccccc2o1. The quantitative estimate of drug-likeness (QED) is 0.239. The van der Waals surface area contributed by atoms with Gasteiger partial charge >= 0.3 is 11.6 Å². The first-order valence-corrected chi connectivity index (χ1v) is 8.53. The predicted octanol–water partition coefficient (Wildman–Crippen LogP) is 5.05. The number of carbonyl (C=O) groups excluding carboxylic acids is 1. The second kappa shape index (κ2) is 6.92. The van der Waals surface area contributed by atoms with Gasteiger partial charge in [-0.15, -0.1) is 0 Å². The van der Waals surface area contributed by atoms with Crippen molar-refractivity contribution in [2.24, 2.45) is 0 Å². The van der Waals surface area contributed by atoms with Gasteiger partial charge in [-0.25, -0.2) is 4.79 Å². The molecular formula is C23H16O4. The Kier molecular flexibility index (Phi) is 4.30. The van der Waals surface area contributed by atoms with Crippen molar-refractivity contribution < 1.29 is 13.9 Å². The van der Waals surface area contributed by atoms with Crippen molar-refractivity contribution in [2.45, 2.75) is 6.92 Å². The van der Waals surface area contributed by atoms with Gasteiger partial charge in [0.1, 0.15) is 11.3 Å². The van der Waals surface area contributed by atoms with Crippen LogP contribution in [0.15, 0.2) is 88.1 Å². The lowest BCUT2D eigenvalue weighted by molar-refractivity contribution is -0.131. The van der Waals surface area contributed by atoms with E-state index in [1.54, 1.807) is 12.1 Å². The molecule has 5 rings (SSSR count). The van der Waals surface area contributed by atoms with Crippen molar-refractivity contribution in [2.75, 3.05) is 0 Å². The minimum Gasteiger partial charge on any atom is -0.426 e. The van der Waals surface area contributed by atoms with Crippen LogP contribution in [0.1, 0.15) is 6.92 Å². The van der Waals surface area contributed by atoms with Gasteiger partial charge in [0, 0.05) is 23.9 Å². The second-order valence-corrected chi connectivity index (χ2v) is 6.11. The summed E-state index contributed by atoms with van der Waals surface area (Å²) in [5, 5.41) is 0.951. The normalized spacial score (nSPS) is 10.7. The summed E-state index contributed by atoms with van der Waals surface area (Å²) in [6, 6.07) is 24.5. The van der Waals surface area contributed by atoms with Gasteiger partial charge in [-0.2, -0.15) is 0 Å². The lowest BCUT2D eigenvalue weighted by atomic mass is 9.80. The molecule has 0 amide bonds. The fourth-order valence-electron chi connectivity index (χ4n) is 3.16. The Labute approximate surface area is 155 Å². The van der Waals surface area contributed by atoms with E-state index in [1.165, 1.54) is 18.6 Å². The molecular weight excluding hydrogens is 340 g/mol. The maximum Gasteiger partial charge on any atom is 0.336 e. The molecule has 3 aromatic carbocycles. The monoisotopic (exact) mass is 356 g/mol. The van der Waals surface area contributed by atoms with Crippen molar-refractivity contribution in [3.8, 4) is 28.0 Å². The minimum atomic E-state index is -0.302. The number of rotatable bonds is 1. The zero-order chi connectivity index (χ0) is 18.8. The van der Waals surface area contributed by atoms with Crippen LogP contribution < -0.4 is 10.4 Å². The van der Waals surface area contributed by atoms with Crippen molar-refractivity contribution in [1.82, 2.24) is 0 Å². The highest BCUT2D eigenvalue weighted by Crippen LogP contribution is 2.51. The van der Waals surface area contributed by atoms with Gasteiger partial charge in [-0.3, -0.25) is 4.79 Å². The number of fused-ring (bicyclic) bond motifs is 5. The molecule has 27 heavy (non-hydrogen) atoms. The molecule has 0 saturated heterocycles. The van der Waals surface area contributed by atoms with E-state index in [0.29, 0.717) is 11.3 Å². The van der Waals surface area contributed by atoms with Crippen LogP contribution in [0.5, 0.6) is 5.75 Å². The molecule has 0 spiro atoms. The Hall–Kier alpha value is -3.66. The molecule has 0 bridgehead atoms. The maximum atomic E-state index is 11.0. The number of ether oxygens (including phenoxy) is 1. The summed E-state index contributed by atoms with van der Waals surface area (Å²) in [6.45, 7) is 1.42. The Morgan fingerprint density at radius 3 is 2.30 bits per heavy atom. The van der Waals surface area contributed by atoms with E-state index >= 15 is 0 Å². The Bertz CT molecular complexity index is 1200. The van der Waals surface area contributed by atoms with Crippen LogP contribution in [-0.2, 0) is 4.79 Å². The number of benzene rings is 3. The molecule has 0 aliphatic heterocycles. The molecule has 1 aromatic heterocycles. The number of hydrogen-bond acceptors (Lipinski definition) is 4. The Balaban J connectivity index is 0.000000143. The molecule has 4 aromatic rings. The summed E-state index contributed by atoms with van der Waals surface area (Å²) >= 11 is 0. The molecule has 4 heteroatoms. The largest absolute Gasteiger partial charge is 0.426 e. The van der Waals surface area contributed by atoms with Crippen LogP contribution in [0.3, 0.4) is 0 Å². The van der Waals surface area contributed by atoms with E-state index in [0.717, 1.165) is 22.1 Å². The number of para-hydroxylation sites is 1. The average Bonchev–Trinajstić information content (AvgIpc) is 2.66. The van der Waals surface area contributed by atoms with Gasteiger partial charge in [0.15, 0.2) is 0 Å². The third kappa shape index (κ3) is 3.25. The summed E-state index contributed by atoms with van der Waals surface area (Å²) < 4.78 is 10.1. The van der Waals surface area contributed by atoms with Crippen LogP contribution in [0, 0.1) is 0 Å². The van der Waals surface area contributed by atoms with E-state index in [4.69, 9.17) is 9.15 Å². The topological polar surface area (TPSA) is 56.5 Å². The van der Waals surface area contributed by atoms with Crippen LogP contribution >= 0.6 is 0 Å². The van der Waals surface area contributed by atoms with E-state index in [9.17, 15) is 9.59 Å².